The monoisotopic (exact) mass is 395 g/mol. The molecule has 0 aliphatic carbocycles. The first-order valence-corrected chi connectivity index (χ1v) is 8.92. The van der Waals surface area contributed by atoms with Crippen LogP contribution in [-0.4, -0.2) is 31.3 Å². The molecule has 5 nitrogen and oxygen atoms in total. The van der Waals surface area contributed by atoms with E-state index in [9.17, 15) is 13.6 Å². The first-order chi connectivity index (χ1) is 12.8. The molecule has 2 atom stereocenters. The predicted molar refractivity (Wildman–Crippen MR) is 103 cm³/mol. The molecule has 2 aromatic carbocycles. The molecule has 0 aromatic heterocycles. The minimum absolute atomic E-state index is 0.0963. The number of rotatable bonds is 3. The molecule has 27 heavy (non-hydrogen) atoms. The van der Waals surface area contributed by atoms with Gasteiger partial charge in [-0.1, -0.05) is 11.6 Å². The van der Waals surface area contributed by atoms with Crippen molar-refractivity contribution in [1.82, 2.24) is 0 Å². The molecule has 1 aliphatic heterocycles. The number of nitrogens with one attached hydrogen (secondary N) is 2. The second-order valence-electron chi connectivity index (χ2n) is 6.53. The van der Waals surface area contributed by atoms with Gasteiger partial charge in [0.25, 0.3) is 0 Å². The summed E-state index contributed by atoms with van der Waals surface area (Å²) in [7, 11) is 0. The number of carbonyl (C=O) groups excluding carboxylic acids is 1. The van der Waals surface area contributed by atoms with Crippen molar-refractivity contribution in [3.05, 3.63) is 53.1 Å². The van der Waals surface area contributed by atoms with E-state index < -0.39 is 17.7 Å². The Morgan fingerprint density at radius 3 is 2.44 bits per heavy atom. The van der Waals surface area contributed by atoms with Crippen LogP contribution < -0.4 is 15.5 Å². The first kappa shape index (κ1) is 19.4. The van der Waals surface area contributed by atoms with Crippen molar-refractivity contribution in [3.63, 3.8) is 0 Å². The summed E-state index contributed by atoms with van der Waals surface area (Å²) in [6.07, 6.45) is 0.193. The van der Waals surface area contributed by atoms with Crippen LogP contribution in [0.2, 0.25) is 5.02 Å². The Labute approximate surface area is 161 Å². The van der Waals surface area contributed by atoms with Gasteiger partial charge in [0.2, 0.25) is 0 Å². The van der Waals surface area contributed by atoms with Crippen molar-refractivity contribution in [2.75, 3.05) is 28.6 Å². The second-order valence-corrected chi connectivity index (χ2v) is 6.94. The summed E-state index contributed by atoms with van der Waals surface area (Å²) in [5.41, 5.74) is 1.19. The van der Waals surface area contributed by atoms with Crippen LogP contribution in [0.15, 0.2) is 36.4 Å². The highest BCUT2D eigenvalue weighted by Gasteiger charge is 2.23. The topological polar surface area (TPSA) is 53.6 Å². The van der Waals surface area contributed by atoms with Gasteiger partial charge in [0.1, 0.15) is 11.6 Å². The normalized spacial score (nSPS) is 19.7. The van der Waals surface area contributed by atoms with Crippen molar-refractivity contribution < 1.29 is 18.3 Å². The summed E-state index contributed by atoms with van der Waals surface area (Å²) >= 11 is 6.39. The highest BCUT2D eigenvalue weighted by Crippen LogP contribution is 2.31. The van der Waals surface area contributed by atoms with Gasteiger partial charge in [-0.3, -0.25) is 0 Å². The van der Waals surface area contributed by atoms with Crippen molar-refractivity contribution >= 4 is 34.7 Å². The van der Waals surface area contributed by atoms with E-state index in [1.165, 1.54) is 0 Å². The van der Waals surface area contributed by atoms with Crippen molar-refractivity contribution in [1.29, 1.82) is 0 Å². The molecule has 8 heteroatoms. The molecule has 144 valence electrons. The van der Waals surface area contributed by atoms with Crippen LogP contribution in [0.1, 0.15) is 13.8 Å². The van der Waals surface area contributed by atoms with Gasteiger partial charge in [0.05, 0.1) is 28.6 Å². The van der Waals surface area contributed by atoms with Crippen LogP contribution in [0.4, 0.5) is 30.6 Å². The third-order valence-corrected chi connectivity index (χ3v) is 4.45. The maximum Gasteiger partial charge on any atom is 0.323 e. The highest BCUT2D eigenvalue weighted by atomic mass is 35.5. The smallest absolute Gasteiger partial charge is 0.323 e. The number of hydrogen-bond donors (Lipinski definition) is 2. The Morgan fingerprint density at radius 1 is 1.11 bits per heavy atom. The van der Waals surface area contributed by atoms with Crippen LogP contribution in [-0.2, 0) is 4.74 Å². The van der Waals surface area contributed by atoms with Gasteiger partial charge in [-0.05, 0) is 44.2 Å². The Hall–Kier alpha value is -2.38. The van der Waals surface area contributed by atoms with Crippen molar-refractivity contribution in [3.8, 4) is 0 Å². The minimum Gasteiger partial charge on any atom is -0.372 e. The van der Waals surface area contributed by atoms with Gasteiger partial charge in [0, 0.05) is 24.8 Å². The fourth-order valence-electron chi connectivity index (χ4n) is 3.09. The van der Waals surface area contributed by atoms with Gasteiger partial charge in [-0.15, -0.1) is 0 Å². The Bertz CT molecular complexity index is 840. The number of benzene rings is 2. The van der Waals surface area contributed by atoms with Crippen molar-refractivity contribution in [2.45, 2.75) is 26.1 Å². The van der Waals surface area contributed by atoms with Crippen LogP contribution in [0.25, 0.3) is 0 Å². The third kappa shape index (κ3) is 4.87. The maximum absolute atomic E-state index is 13.6. The number of hydrogen-bond acceptors (Lipinski definition) is 3. The molecule has 0 bridgehead atoms. The quantitative estimate of drug-likeness (QED) is 0.779. The molecule has 2 amide bonds. The molecule has 0 radical (unpaired) electrons. The lowest BCUT2D eigenvalue weighted by molar-refractivity contribution is -0.00520. The molecule has 1 aliphatic rings. The largest absolute Gasteiger partial charge is 0.372 e. The third-order valence-electron chi connectivity index (χ3n) is 4.15. The predicted octanol–water partition coefficient (Wildman–Crippen LogP) is 4.88. The summed E-state index contributed by atoms with van der Waals surface area (Å²) in [6.45, 7) is 5.46. The lowest BCUT2D eigenvalue weighted by Gasteiger charge is -2.37. The van der Waals surface area contributed by atoms with E-state index in [1.807, 2.05) is 19.9 Å². The number of halogens is 3. The summed E-state index contributed by atoms with van der Waals surface area (Å²) in [5, 5.41) is 5.40. The number of nitrogens with zero attached hydrogens (tertiary/aromatic N) is 1. The van der Waals surface area contributed by atoms with E-state index in [0.29, 0.717) is 16.8 Å². The van der Waals surface area contributed by atoms with Gasteiger partial charge < -0.3 is 20.3 Å². The Morgan fingerprint density at radius 2 is 1.81 bits per heavy atom. The van der Waals surface area contributed by atoms with Crippen LogP contribution in [0, 0.1) is 11.6 Å². The van der Waals surface area contributed by atoms with E-state index in [0.717, 1.165) is 30.9 Å². The van der Waals surface area contributed by atoms with Gasteiger partial charge in [-0.25, -0.2) is 13.6 Å². The van der Waals surface area contributed by atoms with E-state index >= 15 is 0 Å². The fourth-order valence-corrected chi connectivity index (χ4v) is 3.39. The zero-order valence-corrected chi connectivity index (χ0v) is 15.7. The van der Waals surface area contributed by atoms with Gasteiger partial charge in [0.15, 0.2) is 0 Å². The molecule has 3 rings (SSSR count). The molecule has 2 aromatic rings. The zero-order chi connectivity index (χ0) is 19.6. The summed E-state index contributed by atoms with van der Waals surface area (Å²) in [5.74, 6) is -1.57. The van der Waals surface area contributed by atoms with Crippen LogP contribution in [0.3, 0.4) is 0 Å². The average Bonchev–Trinajstić information content (AvgIpc) is 2.56. The average molecular weight is 396 g/mol. The van der Waals surface area contributed by atoms with Crippen LogP contribution >= 0.6 is 11.6 Å². The molecular formula is C19H20ClF2N3O2. The van der Waals surface area contributed by atoms with Crippen LogP contribution in [0.5, 0.6) is 0 Å². The minimum atomic E-state index is -0.853. The van der Waals surface area contributed by atoms with Gasteiger partial charge >= 0.3 is 6.03 Å². The Kier molecular flexibility index (Phi) is 5.82. The van der Waals surface area contributed by atoms with E-state index in [-0.39, 0.29) is 17.9 Å². The molecule has 0 spiro atoms. The zero-order valence-electron chi connectivity index (χ0n) is 14.9. The first-order valence-electron chi connectivity index (χ1n) is 8.55. The molecule has 1 saturated heterocycles. The molecule has 2 N–H and O–H groups in total. The molecule has 1 heterocycles. The lowest BCUT2D eigenvalue weighted by atomic mass is 10.2. The Balaban J connectivity index is 1.67. The standard InChI is InChI=1S/C19H20ClF2N3O2/c1-11-9-25(10-12(2)27-11)18-6-4-14(8-15(18)20)23-19(26)24-17-5-3-13(21)7-16(17)22/h3-8,11-12H,9-10H2,1-2H3,(H2,23,24,26)/t11-,12-/m0/s1. The molecule has 0 unspecified atom stereocenters. The number of morpholine rings is 1. The number of amides is 2. The van der Waals surface area contributed by atoms with Crippen molar-refractivity contribution in [2.24, 2.45) is 0 Å². The van der Waals surface area contributed by atoms with Gasteiger partial charge in [-0.2, -0.15) is 0 Å². The molecule has 0 saturated carbocycles. The number of ether oxygens (including phenoxy) is 1. The summed E-state index contributed by atoms with van der Waals surface area (Å²) < 4.78 is 32.3. The SMILES string of the molecule is C[C@H]1CN(c2ccc(NC(=O)Nc3ccc(F)cc3F)cc2Cl)C[C@H](C)O1. The van der Waals surface area contributed by atoms with E-state index in [1.54, 1.807) is 12.1 Å². The number of carbonyl (C=O) groups is 1. The highest BCUT2D eigenvalue weighted by molar-refractivity contribution is 6.33. The second kappa shape index (κ2) is 8.10. The molecule has 1 fully saturated rings. The van der Waals surface area contributed by atoms with E-state index in [2.05, 4.69) is 15.5 Å². The lowest BCUT2D eigenvalue weighted by Crippen LogP contribution is -2.45. The van der Waals surface area contributed by atoms with E-state index in [4.69, 9.17) is 16.3 Å². The summed E-state index contributed by atoms with van der Waals surface area (Å²) in [4.78, 5) is 14.2. The number of urea groups is 1. The molecular weight excluding hydrogens is 376 g/mol. The number of anilines is 3. The fraction of sp³-hybridized carbons (Fsp3) is 0.316. The maximum atomic E-state index is 13.6. The summed E-state index contributed by atoms with van der Waals surface area (Å²) in [6, 6.07) is 7.43.